The van der Waals surface area contributed by atoms with E-state index in [1.54, 1.807) is 12.1 Å². The summed E-state index contributed by atoms with van der Waals surface area (Å²) in [6.45, 7) is 0. The van der Waals surface area contributed by atoms with Crippen LogP contribution in [0.5, 0.6) is 0 Å². The predicted molar refractivity (Wildman–Crippen MR) is 88.8 cm³/mol. The van der Waals surface area contributed by atoms with Gasteiger partial charge in [0, 0.05) is 0 Å². The van der Waals surface area contributed by atoms with E-state index in [0.29, 0.717) is 0 Å². The Morgan fingerprint density at radius 2 is 1.80 bits per heavy atom. The molecule has 0 saturated heterocycles. The van der Waals surface area contributed by atoms with Gasteiger partial charge in [0.05, 0.1) is 9.60 Å². The second-order valence-electron chi connectivity index (χ2n) is 5.74. The largest absolute Gasteiger partial charge is 0.263 e. The maximum absolute atomic E-state index is 13.7. The third-order valence-electron chi connectivity index (χ3n) is 4.12. The molecule has 25 heavy (non-hydrogen) atoms. The summed E-state index contributed by atoms with van der Waals surface area (Å²) in [5.74, 6) is -4.42. The van der Waals surface area contributed by atoms with Crippen LogP contribution in [-0.4, -0.2) is 13.4 Å². The normalized spacial score (nSPS) is 14.0. The van der Waals surface area contributed by atoms with Crippen molar-refractivity contribution in [2.45, 2.75) is 24.2 Å². The Bertz CT molecular complexity index is 1110. The van der Waals surface area contributed by atoms with Crippen LogP contribution >= 0.6 is 11.3 Å². The van der Waals surface area contributed by atoms with Gasteiger partial charge in [-0.3, -0.25) is 4.72 Å². The van der Waals surface area contributed by atoms with Crippen LogP contribution < -0.4 is 4.72 Å². The minimum absolute atomic E-state index is 0.0167. The molecule has 130 valence electrons. The number of hydrogen-bond donors (Lipinski definition) is 1. The lowest BCUT2D eigenvalue weighted by Crippen LogP contribution is -2.13. The van der Waals surface area contributed by atoms with Crippen molar-refractivity contribution in [2.24, 2.45) is 0 Å². The second kappa shape index (κ2) is 5.70. The average Bonchev–Trinajstić information content (AvgIpc) is 3.18. The second-order valence-corrected chi connectivity index (χ2v) is 8.45. The van der Waals surface area contributed by atoms with E-state index in [4.69, 9.17) is 0 Å². The van der Waals surface area contributed by atoms with Gasteiger partial charge in [0.2, 0.25) is 0 Å². The molecule has 4 nitrogen and oxygen atoms in total. The van der Waals surface area contributed by atoms with E-state index in [1.165, 1.54) is 6.07 Å². The number of thiazole rings is 1. The molecule has 1 aromatic heterocycles. The molecule has 1 aliphatic rings. The number of nitrogens with zero attached hydrogens (tertiary/aromatic N) is 1. The van der Waals surface area contributed by atoms with Crippen molar-refractivity contribution >= 4 is 36.7 Å². The number of sulfonamides is 1. The van der Waals surface area contributed by atoms with E-state index < -0.39 is 33.0 Å². The maximum Gasteiger partial charge on any atom is 0.263 e. The molecule has 1 aliphatic carbocycles. The van der Waals surface area contributed by atoms with Crippen LogP contribution in [0.4, 0.5) is 18.3 Å². The summed E-state index contributed by atoms with van der Waals surface area (Å²) >= 11 is 0.733. The van der Waals surface area contributed by atoms with E-state index in [9.17, 15) is 21.6 Å². The molecule has 9 heteroatoms. The molecule has 0 unspecified atom stereocenters. The Balaban J connectivity index is 1.71. The smallest absolute Gasteiger partial charge is 0.255 e. The van der Waals surface area contributed by atoms with E-state index in [2.05, 4.69) is 9.71 Å². The van der Waals surface area contributed by atoms with Crippen LogP contribution in [0.2, 0.25) is 0 Å². The third kappa shape index (κ3) is 2.77. The zero-order chi connectivity index (χ0) is 17.8. The quantitative estimate of drug-likeness (QED) is 0.695. The lowest BCUT2D eigenvalue weighted by atomic mass is 10.1. The van der Waals surface area contributed by atoms with E-state index in [0.717, 1.165) is 47.8 Å². The summed E-state index contributed by atoms with van der Waals surface area (Å²) in [4.78, 5) is 3.82. The van der Waals surface area contributed by atoms with Crippen molar-refractivity contribution in [3.8, 4) is 0 Å². The van der Waals surface area contributed by atoms with Gasteiger partial charge >= 0.3 is 0 Å². The first-order chi connectivity index (χ1) is 11.8. The van der Waals surface area contributed by atoms with Crippen LogP contribution in [0.15, 0.2) is 29.2 Å². The Morgan fingerprint density at radius 1 is 1.04 bits per heavy atom. The minimum Gasteiger partial charge on any atom is -0.255 e. The Hall–Kier alpha value is -2.13. The highest BCUT2D eigenvalue weighted by atomic mass is 32.2. The molecular formula is C16H11F3N2O2S2. The molecule has 0 fully saturated rings. The highest BCUT2D eigenvalue weighted by Gasteiger charge is 2.22. The van der Waals surface area contributed by atoms with Crippen LogP contribution in [0, 0.1) is 17.5 Å². The zero-order valence-corrected chi connectivity index (χ0v) is 14.3. The number of benzene rings is 2. The van der Waals surface area contributed by atoms with Crippen LogP contribution in [-0.2, 0) is 22.9 Å². The van der Waals surface area contributed by atoms with Crippen LogP contribution in [0.3, 0.4) is 0 Å². The van der Waals surface area contributed by atoms with E-state index >= 15 is 0 Å². The third-order valence-corrected chi connectivity index (χ3v) is 6.51. The Labute approximate surface area is 145 Å². The molecule has 0 saturated carbocycles. The van der Waals surface area contributed by atoms with Crippen molar-refractivity contribution < 1.29 is 21.6 Å². The van der Waals surface area contributed by atoms with Crippen LogP contribution in [0.1, 0.15) is 17.5 Å². The van der Waals surface area contributed by atoms with Gasteiger partial charge in [-0.25, -0.2) is 26.6 Å². The summed E-state index contributed by atoms with van der Waals surface area (Å²) < 4.78 is 67.6. The fourth-order valence-corrected chi connectivity index (χ4v) is 5.08. The monoisotopic (exact) mass is 384 g/mol. The molecular weight excluding hydrogens is 373 g/mol. The number of aryl methyl sites for hydroxylation is 2. The fraction of sp³-hybridized carbons (Fsp3) is 0.188. The number of hydrogen-bond acceptors (Lipinski definition) is 4. The number of fused-ring (bicyclic) bond motifs is 2. The molecule has 4 rings (SSSR count). The predicted octanol–water partition coefficient (Wildman–Crippen LogP) is 4.00. The lowest BCUT2D eigenvalue weighted by molar-refractivity contribution is 0.453. The molecule has 0 atom stereocenters. The molecule has 0 amide bonds. The summed E-state index contributed by atoms with van der Waals surface area (Å²) in [5, 5.41) is -0.153. The molecule has 0 spiro atoms. The number of nitrogens with one attached hydrogen (secondary N) is 1. The van der Waals surface area contributed by atoms with E-state index in [-0.39, 0.29) is 14.7 Å². The Morgan fingerprint density at radius 3 is 2.60 bits per heavy atom. The molecule has 3 aromatic rings. The molecule has 1 N–H and O–H groups in total. The van der Waals surface area contributed by atoms with Crippen molar-refractivity contribution in [1.82, 2.24) is 4.98 Å². The summed E-state index contributed by atoms with van der Waals surface area (Å²) in [5.41, 5.74) is 1.71. The van der Waals surface area contributed by atoms with Crippen molar-refractivity contribution in [3.63, 3.8) is 0 Å². The first-order valence-electron chi connectivity index (χ1n) is 7.44. The van der Waals surface area contributed by atoms with Gasteiger partial charge in [0.1, 0.15) is 5.52 Å². The molecule has 0 radical (unpaired) electrons. The highest BCUT2D eigenvalue weighted by Crippen LogP contribution is 2.32. The topological polar surface area (TPSA) is 59.1 Å². The Kier molecular flexibility index (Phi) is 3.73. The molecule has 2 aromatic carbocycles. The van der Waals surface area contributed by atoms with E-state index in [1.807, 2.05) is 0 Å². The molecule has 0 aliphatic heterocycles. The molecule has 1 heterocycles. The molecule has 0 bridgehead atoms. The van der Waals surface area contributed by atoms with Gasteiger partial charge < -0.3 is 0 Å². The first kappa shape index (κ1) is 16.3. The SMILES string of the molecule is O=S(=O)(Nc1nc2c(F)c(F)c(F)cc2s1)c1ccc2c(c1)CCC2. The standard InChI is InChI=1S/C16H11F3N2O2S2/c17-11-7-12-15(14(19)13(11)18)20-16(24-12)21-25(22,23)10-5-4-8-2-1-3-9(8)6-10/h4-7H,1-3H2,(H,20,21). The number of rotatable bonds is 3. The summed E-state index contributed by atoms with van der Waals surface area (Å²) in [7, 11) is -3.93. The van der Waals surface area contributed by atoms with Gasteiger partial charge in [0.15, 0.2) is 22.6 Å². The van der Waals surface area contributed by atoms with Gasteiger partial charge in [-0.15, -0.1) is 0 Å². The minimum atomic E-state index is -3.93. The zero-order valence-electron chi connectivity index (χ0n) is 12.6. The first-order valence-corrected chi connectivity index (χ1v) is 9.74. The van der Waals surface area contributed by atoms with Gasteiger partial charge in [-0.2, -0.15) is 0 Å². The lowest BCUT2D eigenvalue weighted by Gasteiger charge is -2.07. The summed E-state index contributed by atoms with van der Waals surface area (Å²) in [6, 6.07) is 5.68. The average molecular weight is 384 g/mol. The maximum atomic E-state index is 13.7. The fourth-order valence-electron chi connectivity index (χ4n) is 2.91. The number of aromatic nitrogens is 1. The van der Waals surface area contributed by atoms with Crippen molar-refractivity contribution in [1.29, 1.82) is 0 Å². The van der Waals surface area contributed by atoms with Crippen molar-refractivity contribution in [3.05, 3.63) is 52.8 Å². The number of halogens is 3. The van der Waals surface area contributed by atoms with Gasteiger partial charge in [-0.05, 0) is 48.6 Å². The van der Waals surface area contributed by atoms with Crippen LogP contribution in [0.25, 0.3) is 10.2 Å². The van der Waals surface area contributed by atoms with Gasteiger partial charge in [-0.1, -0.05) is 17.4 Å². The van der Waals surface area contributed by atoms with Gasteiger partial charge in [0.25, 0.3) is 10.0 Å². The number of anilines is 1. The van der Waals surface area contributed by atoms with Crippen molar-refractivity contribution in [2.75, 3.05) is 4.72 Å². The summed E-state index contributed by atoms with van der Waals surface area (Å²) in [6.07, 6.45) is 2.74. The highest BCUT2D eigenvalue weighted by molar-refractivity contribution is 7.93.